The summed E-state index contributed by atoms with van der Waals surface area (Å²) in [5, 5.41) is 4.08. The van der Waals surface area contributed by atoms with E-state index < -0.39 is 0 Å². The van der Waals surface area contributed by atoms with Crippen LogP contribution in [0.25, 0.3) is 0 Å². The number of aromatic amines is 1. The van der Waals surface area contributed by atoms with E-state index in [4.69, 9.17) is 0 Å². The average molecular weight is 284 g/mol. The van der Waals surface area contributed by atoms with Crippen molar-refractivity contribution in [2.24, 2.45) is 5.10 Å². The van der Waals surface area contributed by atoms with Gasteiger partial charge in [0.1, 0.15) is 0 Å². The topological polar surface area (TPSA) is 70.1 Å². The van der Waals surface area contributed by atoms with Crippen molar-refractivity contribution in [3.63, 3.8) is 0 Å². The third kappa shape index (κ3) is 4.27. The van der Waals surface area contributed by atoms with E-state index in [0.717, 1.165) is 5.56 Å². The summed E-state index contributed by atoms with van der Waals surface area (Å²) >= 11 is 0. The number of hydrazone groups is 1. The van der Waals surface area contributed by atoms with Crippen molar-refractivity contribution in [2.45, 2.75) is 33.1 Å². The lowest BCUT2D eigenvalue weighted by Crippen LogP contribution is -2.11. The van der Waals surface area contributed by atoms with Crippen LogP contribution in [-0.2, 0) is 5.41 Å². The quantitative estimate of drug-likeness (QED) is 0.672. The van der Waals surface area contributed by atoms with Gasteiger partial charge in [-0.05, 0) is 23.5 Å². The van der Waals surface area contributed by atoms with Gasteiger partial charge >= 0.3 is 0 Å². The van der Waals surface area contributed by atoms with Gasteiger partial charge in [0.05, 0.1) is 6.21 Å². The van der Waals surface area contributed by atoms with Crippen molar-refractivity contribution in [2.75, 3.05) is 5.43 Å². The molecule has 0 bridgehead atoms. The number of aromatic nitrogens is 2. The van der Waals surface area contributed by atoms with E-state index in [-0.39, 0.29) is 11.0 Å². The molecule has 0 aliphatic carbocycles. The number of benzene rings is 1. The van der Waals surface area contributed by atoms with Crippen LogP contribution in [0.2, 0.25) is 0 Å². The van der Waals surface area contributed by atoms with Crippen LogP contribution in [0.15, 0.2) is 40.2 Å². The first-order valence-electron chi connectivity index (χ1n) is 6.82. The second-order valence-electron chi connectivity index (χ2n) is 5.98. The average Bonchev–Trinajstić information content (AvgIpc) is 2.37. The summed E-state index contributed by atoms with van der Waals surface area (Å²) in [5.41, 5.74) is 5.56. The first kappa shape index (κ1) is 15.0. The predicted molar refractivity (Wildman–Crippen MR) is 86.0 cm³/mol. The van der Waals surface area contributed by atoms with E-state index in [1.54, 1.807) is 13.1 Å². The van der Waals surface area contributed by atoms with E-state index in [2.05, 4.69) is 53.4 Å². The Morgan fingerprint density at radius 2 is 1.90 bits per heavy atom. The Morgan fingerprint density at radius 1 is 1.24 bits per heavy atom. The zero-order valence-corrected chi connectivity index (χ0v) is 12.8. The molecule has 21 heavy (non-hydrogen) atoms. The largest absolute Gasteiger partial charge is 0.291 e. The third-order valence-corrected chi connectivity index (χ3v) is 3.03. The van der Waals surface area contributed by atoms with Crippen LogP contribution in [0.3, 0.4) is 0 Å². The summed E-state index contributed by atoms with van der Waals surface area (Å²) in [6, 6.07) is 9.64. The van der Waals surface area contributed by atoms with Gasteiger partial charge in [0.2, 0.25) is 5.95 Å². The molecule has 0 aliphatic heterocycles. The monoisotopic (exact) mass is 284 g/mol. The molecule has 1 aromatic heterocycles. The maximum atomic E-state index is 11.3. The number of nitrogens with zero attached hydrogens (tertiary/aromatic N) is 2. The van der Waals surface area contributed by atoms with Crippen molar-refractivity contribution in [3.8, 4) is 0 Å². The molecule has 0 fully saturated rings. The molecule has 0 radical (unpaired) electrons. The maximum Gasteiger partial charge on any atom is 0.252 e. The first-order valence-corrected chi connectivity index (χ1v) is 6.82. The zero-order chi connectivity index (χ0) is 15.5. The molecule has 0 saturated carbocycles. The van der Waals surface area contributed by atoms with Crippen molar-refractivity contribution in [1.82, 2.24) is 9.97 Å². The van der Waals surface area contributed by atoms with Gasteiger partial charge in [-0.15, -0.1) is 0 Å². The Morgan fingerprint density at radius 3 is 2.48 bits per heavy atom. The van der Waals surface area contributed by atoms with E-state index in [1.807, 2.05) is 12.1 Å². The number of H-pyrrole nitrogens is 1. The first-order chi connectivity index (χ1) is 9.84. The molecule has 5 heteroatoms. The highest BCUT2D eigenvalue weighted by molar-refractivity contribution is 5.80. The molecule has 2 N–H and O–H groups in total. The number of anilines is 1. The summed E-state index contributed by atoms with van der Waals surface area (Å²) in [7, 11) is 0. The fourth-order valence-corrected chi connectivity index (χ4v) is 1.87. The van der Waals surface area contributed by atoms with Gasteiger partial charge in [-0.25, -0.2) is 10.4 Å². The molecular formula is C16H20N4O. The number of hydrogen-bond acceptors (Lipinski definition) is 4. The minimum atomic E-state index is -0.199. The Labute approximate surface area is 124 Å². The molecule has 2 aromatic rings. The van der Waals surface area contributed by atoms with Crippen LogP contribution < -0.4 is 11.0 Å². The number of aryl methyl sites for hydroxylation is 1. The van der Waals surface area contributed by atoms with Gasteiger partial charge in [-0.3, -0.25) is 9.78 Å². The van der Waals surface area contributed by atoms with Crippen molar-refractivity contribution >= 4 is 12.2 Å². The van der Waals surface area contributed by atoms with Crippen LogP contribution in [0, 0.1) is 6.92 Å². The standard InChI is InChI=1S/C16H20N4O/c1-11-9-14(21)19-15(18-11)20-17-10-12-5-7-13(8-6-12)16(2,3)4/h5-10H,1-4H3,(H2,18,19,20,21)/b17-10-. The summed E-state index contributed by atoms with van der Waals surface area (Å²) < 4.78 is 0. The fraction of sp³-hybridized carbons (Fsp3) is 0.312. The summed E-state index contributed by atoms with van der Waals surface area (Å²) in [4.78, 5) is 18.0. The Kier molecular flexibility index (Phi) is 4.21. The Bertz CT molecular complexity index is 693. The maximum absolute atomic E-state index is 11.3. The second kappa shape index (κ2) is 5.91. The van der Waals surface area contributed by atoms with Gasteiger partial charge in [-0.1, -0.05) is 45.0 Å². The van der Waals surface area contributed by atoms with Gasteiger partial charge in [-0.2, -0.15) is 5.10 Å². The third-order valence-electron chi connectivity index (χ3n) is 3.03. The summed E-state index contributed by atoms with van der Waals surface area (Å²) in [5.74, 6) is 0.336. The highest BCUT2D eigenvalue weighted by Crippen LogP contribution is 2.21. The smallest absolute Gasteiger partial charge is 0.252 e. The number of rotatable bonds is 3. The number of nitrogens with one attached hydrogen (secondary N) is 2. The molecule has 0 saturated heterocycles. The van der Waals surface area contributed by atoms with E-state index in [0.29, 0.717) is 11.6 Å². The Hall–Kier alpha value is -2.43. The van der Waals surface area contributed by atoms with Crippen LogP contribution >= 0.6 is 0 Å². The van der Waals surface area contributed by atoms with Crippen molar-refractivity contribution in [3.05, 3.63) is 57.5 Å². The van der Waals surface area contributed by atoms with Crippen molar-refractivity contribution in [1.29, 1.82) is 0 Å². The van der Waals surface area contributed by atoms with Crippen molar-refractivity contribution < 1.29 is 0 Å². The van der Waals surface area contributed by atoms with Crippen LogP contribution in [0.1, 0.15) is 37.6 Å². The van der Waals surface area contributed by atoms with Crippen LogP contribution in [0.4, 0.5) is 5.95 Å². The van der Waals surface area contributed by atoms with Crippen LogP contribution in [-0.4, -0.2) is 16.2 Å². The molecule has 2 rings (SSSR count). The molecule has 1 aromatic carbocycles. The molecule has 0 amide bonds. The fourth-order valence-electron chi connectivity index (χ4n) is 1.87. The highest BCUT2D eigenvalue weighted by Gasteiger charge is 2.12. The second-order valence-corrected chi connectivity index (χ2v) is 5.98. The molecule has 5 nitrogen and oxygen atoms in total. The lowest BCUT2D eigenvalue weighted by Gasteiger charge is -2.18. The molecule has 0 aliphatic rings. The lowest BCUT2D eigenvalue weighted by molar-refractivity contribution is 0.590. The van der Waals surface area contributed by atoms with Crippen LogP contribution in [0.5, 0.6) is 0 Å². The highest BCUT2D eigenvalue weighted by atomic mass is 16.1. The summed E-state index contributed by atoms with van der Waals surface area (Å²) in [6.45, 7) is 8.29. The Balaban J connectivity index is 2.06. The zero-order valence-electron chi connectivity index (χ0n) is 12.8. The van der Waals surface area contributed by atoms with E-state index in [9.17, 15) is 4.79 Å². The van der Waals surface area contributed by atoms with Gasteiger partial charge in [0.15, 0.2) is 0 Å². The molecule has 0 atom stereocenters. The minimum Gasteiger partial charge on any atom is -0.291 e. The normalized spacial score (nSPS) is 11.8. The molecule has 0 unspecified atom stereocenters. The number of hydrogen-bond donors (Lipinski definition) is 2. The predicted octanol–water partition coefficient (Wildman–Crippen LogP) is 2.82. The van der Waals surface area contributed by atoms with Gasteiger partial charge in [0, 0.05) is 11.8 Å². The van der Waals surface area contributed by atoms with Gasteiger partial charge in [0.25, 0.3) is 5.56 Å². The molecule has 0 spiro atoms. The molecule has 110 valence electrons. The molecular weight excluding hydrogens is 264 g/mol. The van der Waals surface area contributed by atoms with Gasteiger partial charge < -0.3 is 0 Å². The minimum absolute atomic E-state index is 0.138. The molecule has 1 heterocycles. The summed E-state index contributed by atoms with van der Waals surface area (Å²) in [6.07, 6.45) is 1.69. The van der Waals surface area contributed by atoms with E-state index in [1.165, 1.54) is 11.6 Å². The van der Waals surface area contributed by atoms with E-state index >= 15 is 0 Å². The SMILES string of the molecule is Cc1cc(=O)[nH]c(N/N=C\c2ccc(C(C)(C)C)cc2)n1. The lowest BCUT2D eigenvalue weighted by atomic mass is 9.87.